The summed E-state index contributed by atoms with van der Waals surface area (Å²) in [7, 11) is 0. The Hall–Kier alpha value is -2.13. The number of thiophene rings is 1. The number of nitrogens with one attached hydrogen (secondary N) is 1. The maximum absolute atomic E-state index is 12.3. The minimum Gasteiger partial charge on any atom is -0.361 e. The van der Waals surface area contributed by atoms with E-state index in [1.807, 2.05) is 6.92 Å². The van der Waals surface area contributed by atoms with Gasteiger partial charge >= 0.3 is 0 Å². The molecule has 0 aliphatic heterocycles. The third-order valence-corrected chi connectivity index (χ3v) is 5.56. The standard InChI is InChI=1S/C17H19N3O2S/c1-9-4-5-12-14(8-18)17(23-15(12)6-9)19-16(21)7-13-10(2)20-22-11(13)3/h9H,4-7H2,1-3H3,(H,19,21). The molecule has 6 heteroatoms. The first-order valence-electron chi connectivity index (χ1n) is 7.75. The lowest BCUT2D eigenvalue weighted by Crippen LogP contribution is -2.15. The smallest absolute Gasteiger partial charge is 0.229 e. The SMILES string of the molecule is Cc1noc(C)c1CC(=O)Nc1sc2c(c1C#N)CCC(C)C2. The fraction of sp³-hybridized carbons (Fsp3) is 0.471. The van der Waals surface area contributed by atoms with Crippen LogP contribution >= 0.6 is 11.3 Å². The van der Waals surface area contributed by atoms with Crippen LogP contribution in [0.2, 0.25) is 0 Å². The lowest BCUT2D eigenvalue weighted by Gasteiger charge is -2.17. The summed E-state index contributed by atoms with van der Waals surface area (Å²) in [6, 6.07) is 2.27. The predicted molar refractivity (Wildman–Crippen MR) is 88.5 cm³/mol. The molecule has 1 atom stereocenters. The number of fused-ring (bicyclic) bond motifs is 1. The molecule has 2 heterocycles. The van der Waals surface area contributed by atoms with Gasteiger partial charge < -0.3 is 9.84 Å². The van der Waals surface area contributed by atoms with Gasteiger partial charge in [-0.1, -0.05) is 12.1 Å². The monoisotopic (exact) mass is 329 g/mol. The van der Waals surface area contributed by atoms with Crippen LogP contribution in [0.1, 0.15) is 46.4 Å². The fourth-order valence-electron chi connectivity index (χ4n) is 3.04. The van der Waals surface area contributed by atoms with Crippen LogP contribution in [0.15, 0.2) is 4.52 Å². The molecule has 0 saturated carbocycles. The lowest BCUT2D eigenvalue weighted by atomic mass is 9.88. The van der Waals surface area contributed by atoms with Crippen LogP contribution in [0.3, 0.4) is 0 Å². The van der Waals surface area contributed by atoms with Crippen molar-refractivity contribution in [3.63, 3.8) is 0 Å². The Balaban J connectivity index is 1.80. The van der Waals surface area contributed by atoms with Crippen molar-refractivity contribution in [1.29, 1.82) is 5.26 Å². The molecule has 5 nitrogen and oxygen atoms in total. The number of aromatic nitrogens is 1. The van der Waals surface area contributed by atoms with E-state index >= 15 is 0 Å². The molecule has 0 spiro atoms. The van der Waals surface area contributed by atoms with E-state index in [0.29, 0.717) is 22.2 Å². The van der Waals surface area contributed by atoms with Gasteiger partial charge in [-0.15, -0.1) is 11.3 Å². The molecule has 0 radical (unpaired) electrons. The maximum atomic E-state index is 12.3. The van der Waals surface area contributed by atoms with Gasteiger partial charge in [0.05, 0.1) is 17.7 Å². The summed E-state index contributed by atoms with van der Waals surface area (Å²) in [5.74, 6) is 1.17. The van der Waals surface area contributed by atoms with E-state index in [-0.39, 0.29) is 12.3 Å². The summed E-state index contributed by atoms with van der Waals surface area (Å²) in [5.41, 5.74) is 3.32. The van der Waals surface area contributed by atoms with E-state index in [1.165, 1.54) is 4.88 Å². The number of carbonyl (C=O) groups excluding carboxylic acids is 1. The Labute approximate surface area is 139 Å². The second-order valence-corrected chi connectivity index (χ2v) is 7.30. The van der Waals surface area contributed by atoms with Crippen LogP contribution in [-0.4, -0.2) is 11.1 Å². The van der Waals surface area contributed by atoms with Crippen molar-refractivity contribution in [3.8, 4) is 6.07 Å². The largest absolute Gasteiger partial charge is 0.361 e. The normalized spacial score (nSPS) is 16.7. The molecule has 2 aromatic heterocycles. The molecule has 2 aromatic rings. The quantitative estimate of drug-likeness (QED) is 0.934. The molecule has 3 rings (SSSR count). The predicted octanol–water partition coefficient (Wildman–Crippen LogP) is 3.53. The Kier molecular flexibility index (Phi) is 4.22. The molecular formula is C17H19N3O2S. The highest BCUT2D eigenvalue weighted by Crippen LogP contribution is 2.39. The highest BCUT2D eigenvalue weighted by Gasteiger charge is 2.25. The van der Waals surface area contributed by atoms with Crippen LogP contribution in [0, 0.1) is 31.1 Å². The topological polar surface area (TPSA) is 78.9 Å². The van der Waals surface area contributed by atoms with Gasteiger partial charge in [-0.3, -0.25) is 4.79 Å². The number of carbonyl (C=O) groups is 1. The number of nitriles is 1. The summed E-state index contributed by atoms with van der Waals surface area (Å²) in [5, 5.41) is 16.9. The Morgan fingerprint density at radius 2 is 2.30 bits per heavy atom. The van der Waals surface area contributed by atoms with Gasteiger partial charge in [0.15, 0.2) is 0 Å². The molecule has 0 fully saturated rings. The van der Waals surface area contributed by atoms with Crippen molar-refractivity contribution < 1.29 is 9.32 Å². The molecule has 1 amide bonds. The van der Waals surface area contributed by atoms with E-state index in [9.17, 15) is 10.1 Å². The Morgan fingerprint density at radius 1 is 1.52 bits per heavy atom. The number of rotatable bonds is 3. The minimum atomic E-state index is -0.137. The van der Waals surface area contributed by atoms with Crippen LogP contribution in [0.5, 0.6) is 0 Å². The maximum Gasteiger partial charge on any atom is 0.229 e. The summed E-state index contributed by atoms with van der Waals surface area (Å²) < 4.78 is 5.09. The lowest BCUT2D eigenvalue weighted by molar-refractivity contribution is -0.115. The molecular weight excluding hydrogens is 310 g/mol. The molecule has 0 saturated heterocycles. The van der Waals surface area contributed by atoms with Crippen molar-refractivity contribution in [2.45, 2.75) is 46.5 Å². The van der Waals surface area contributed by atoms with Gasteiger partial charge in [0, 0.05) is 10.4 Å². The number of aryl methyl sites for hydroxylation is 2. The average molecular weight is 329 g/mol. The van der Waals surface area contributed by atoms with Crippen LogP contribution < -0.4 is 5.32 Å². The van der Waals surface area contributed by atoms with Gasteiger partial charge in [-0.2, -0.15) is 5.26 Å². The molecule has 23 heavy (non-hydrogen) atoms. The molecule has 1 aliphatic carbocycles. The number of anilines is 1. The molecule has 120 valence electrons. The zero-order valence-corrected chi connectivity index (χ0v) is 14.3. The van der Waals surface area contributed by atoms with Gasteiger partial charge in [0.25, 0.3) is 0 Å². The van der Waals surface area contributed by atoms with E-state index in [4.69, 9.17) is 4.52 Å². The first kappa shape index (κ1) is 15.8. The Bertz CT molecular complexity index is 778. The molecule has 1 unspecified atom stereocenters. The molecule has 0 aromatic carbocycles. The van der Waals surface area contributed by atoms with Gasteiger partial charge in [-0.05, 0) is 44.6 Å². The number of amides is 1. The summed E-state index contributed by atoms with van der Waals surface area (Å²) >= 11 is 1.55. The minimum absolute atomic E-state index is 0.137. The number of hydrogen-bond donors (Lipinski definition) is 1. The van der Waals surface area contributed by atoms with E-state index in [2.05, 4.69) is 23.5 Å². The second kappa shape index (κ2) is 6.17. The number of hydrogen-bond acceptors (Lipinski definition) is 5. The first-order chi connectivity index (χ1) is 11.0. The Morgan fingerprint density at radius 3 is 2.96 bits per heavy atom. The van der Waals surface area contributed by atoms with Gasteiger partial charge in [0.1, 0.15) is 16.8 Å². The fourth-order valence-corrected chi connectivity index (χ4v) is 4.42. The summed E-state index contributed by atoms with van der Waals surface area (Å²) in [6.07, 6.45) is 3.24. The average Bonchev–Trinajstić information content (AvgIpc) is 3.00. The van der Waals surface area contributed by atoms with Crippen LogP contribution in [0.25, 0.3) is 0 Å². The van der Waals surface area contributed by atoms with Crippen LogP contribution in [0.4, 0.5) is 5.00 Å². The van der Waals surface area contributed by atoms with Crippen molar-refractivity contribution in [3.05, 3.63) is 33.0 Å². The first-order valence-corrected chi connectivity index (χ1v) is 8.57. The zero-order valence-electron chi connectivity index (χ0n) is 13.5. The number of nitrogens with zero attached hydrogens (tertiary/aromatic N) is 2. The van der Waals surface area contributed by atoms with E-state index < -0.39 is 0 Å². The van der Waals surface area contributed by atoms with Gasteiger partial charge in [0.2, 0.25) is 5.91 Å². The van der Waals surface area contributed by atoms with Crippen LogP contribution in [-0.2, 0) is 24.1 Å². The summed E-state index contributed by atoms with van der Waals surface area (Å²) in [6.45, 7) is 5.85. The van der Waals surface area contributed by atoms with Crippen molar-refractivity contribution in [2.24, 2.45) is 5.92 Å². The third kappa shape index (κ3) is 3.02. The third-order valence-electron chi connectivity index (χ3n) is 4.39. The van der Waals surface area contributed by atoms with Crippen molar-refractivity contribution >= 4 is 22.2 Å². The molecule has 1 aliphatic rings. The van der Waals surface area contributed by atoms with E-state index in [0.717, 1.165) is 36.1 Å². The molecule has 0 bridgehead atoms. The second-order valence-electron chi connectivity index (χ2n) is 6.20. The highest BCUT2D eigenvalue weighted by atomic mass is 32.1. The van der Waals surface area contributed by atoms with E-state index in [1.54, 1.807) is 18.3 Å². The summed E-state index contributed by atoms with van der Waals surface area (Å²) in [4.78, 5) is 13.6. The van der Waals surface area contributed by atoms with Crippen molar-refractivity contribution in [2.75, 3.05) is 5.32 Å². The van der Waals surface area contributed by atoms with Gasteiger partial charge in [-0.25, -0.2) is 0 Å². The highest BCUT2D eigenvalue weighted by molar-refractivity contribution is 7.16. The zero-order chi connectivity index (χ0) is 16.6. The molecule has 1 N–H and O–H groups in total. The van der Waals surface area contributed by atoms with Crippen molar-refractivity contribution in [1.82, 2.24) is 5.16 Å².